The number of hydrogen-bond acceptors (Lipinski definition) is 7. The van der Waals surface area contributed by atoms with Gasteiger partial charge >= 0.3 is 11.7 Å². The maximum Gasteiger partial charge on any atom is 0.341 e. The number of carboxylic acid groups (broad SMARTS) is 1. The summed E-state index contributed by atoms with van der Waals surface area (Å²) in [5, 5.41) is 19.9. The van der Waals surface area contributed by atoms with Crippen LogP contribution in [-0.2, 0) is 19.9 Å². The van der Waals surface area contributed by atoms with Gasteiger partial charge in [0.1, 0.15) is 23.7 Å². The topological polar surface area (TPSA) is 140 Å². The van der Waals surface area contributed by atoms with Gasteiger partial charge < -0.3 is 24.4 Å². The summed E-state index contributed by atoms with van der Waals surface area (Å²) in [5.41, 5.74) is 0.510. The van der Waals surface area contributed by atoms with Crippen molar-refractivity contribution in [2.24, 2.45) is 0 Å². The van der Waals surface area contributed by atoms with Gasteiger partial charge in [-0.3, -0.25) is 14.3 Å². The Morgan fingerprint density at radius 1 is 0.976 bits per heavy atom. The Balaban J connectivity index is 1.50. The zero-order chi connectivity index (χ0) is 29.0. The van der Waals surface area contributed by atoms with E-state index in [4.69, 9.17) is 19.3 Å². The molecule has 0 radical (unpaired) electrons. The number of aliphatic hydroxyl groups excluding tert-OH is 1. The van der Waals surface area contributed by atoms with E-state index in [1.54, 1.807) is 19.1 Å². The third-order valence-corrected chi connectivity index (χ3v) is 7.11. The van der Waals surface area contributed by atoms with Gasteiger partial charge in [0.15, 0.2) is 6.61 Å². The summed E-state index contributed by atoms with van der Waals surface area (Å²) in [6.07, 6.45) is -0.929. The van der Waals surface area contributed by atoms with E-state index < -0.39 is 47.9 Å². The first-order valence-electron chi connectivity index (χ1n) is 13.1. The van der Waals surface area contributed by atoms with E-state index in [2.05, 4.69) is 4.98 Å². The second kappa shape index (κ2) is 11.9. The van der Waals surface area contributed by atoms with Gasteiger partial charge in [0.25, 0.3) is 5.56 Å². The summed E-state index contributed by atoms with van der Waals surface area (Å²) < 4.78 is 19.5. The Bertz CT molecular complexity index is 1560. The monoisotopic (exact) mass is 558 g/mol. The molecule has 0 unspecified atom stereocenters. The lowest BCUT2D eigenvalue weighted by atomic mass is 9.80. The first-order valence-corrected chi connectivity index (χ1v) is 13.1. The van der Waals surface area contributed by atoms with Crippen LogP contribution in [0.15, 0.2) is 101 Å². The van der Waals surface area contributed by atoms with Crippen LogP contribution in [0.4, 0.5) is 0 Å². The smallest absolute Gasteiger partial charge is 0.341 e. The number of nitrogens with zero attached hydrogens (tertiary/aromatic N) is 1. The largest absolute Gasteiger partial charge is 0.482 e. The maximum atomic E-state index is 12.4. The van der Waals surface area contributed by atoms with Crippen LogP contribution in [0.1, 0.15) is 34.9 Å². The average Bonchev–Trinajstić information content (AvgIpc) is 3.35. The molecule has 0 saturated carbocycles. The molecule has 3 N–H and O–H groups in total. The minimum atomic E-state index is -1.14. The average molecular weight is 559 g/mol. The quantitative estimate of drug-likeness (QED) is 0.253. The van der Waals surface area contributed by atoms with Crippen LogP contribution in [-0.4, -0.2) is 51.2 Å². The van der Waals surface area contributed by atoms with E-state index in [1.165, 1.54) is 10.8 Å². The molecular formula is C31H30N2O8. The van der Waals surface area contributed by atoms with Gasteiger partial charge in [-0.15, -0.1) is 0 Å². The lowest BCUT2D eigenvalue weighted by Gasteiger charge is -2.37. The van der Waals surface area contributed by atoms with E-state index in [1.807, 2.05) is 72.8 Å². The van der Waals surface area contributed by atoms with Gasteiger partial charge in [-0.05, 0) is 35.7 Å². The minimum absolute atomic E-state index is 0.0319. The number of aliphatic hydroxyl groups is 1. The number of aryl methyl sites for hydroxylation is 1. The molecule has 2 heterocycles. The van der Waals surface area contributed by atoms with Crippen molar-refractivity contribution in [3.63, 3.8) is 0 Å². The number of H-pyrrole nitrogens is 1. The van der Waals surface area contributed by atoms with Crippen molar-refractivity contribution in [3.8, 4) is 5.75 Å². The summed E-state index contributed by atoms with van der Waals surface area (Å²) >= 11 is 0. The summed E-state index contributed by atoms with van der Waals surface area (Å²) in [6, 6.07) is 26.2. The first kappa shape index (κ1) is 28.0. The summed E-state index contributed by atoms with van der Waals surface area (Å²) in [4.78, 5) is 37.5. The number of rotatable bonds is 10. The Kier molecular flexibility index (Phi) is 8.16. The molecule has 5 rings (SSSR count). The molecule has 212 valence electrons. The van der Waals surface area contributed by atoms with Gasteiger partial charge in [0.05, 0.1) is 12.7 Å². The third kappa shape index (κ3) is 5.85. The molecule has 41 heavy (non-hydrogen) atoms. The van der Waals surface area contributed by atoms with Crippen molar-refractivity contribution in [2.45, 2.75) is 37.4 Å². The molecule has 1 aliphatic heterocycles. The lowest BCUT2D eigenvalue weighted by Crippen LogP contribution is -2.38. The molecule has 0 aliphatic carbocycles. The fourth-order valence-electron chi connectivity index (χ4n) is 5.07. The highest BCUT2D eigenvalue weighted by Crippen LogP contribution is 2.42. The molecule has 1 aliphatic rings. The molecular weight excluding hydrogens is 528 g/mol. The molecule has 3 atom stereocenters. The van der Waals surface area contributed by atoms with Crippen LogP contribution in [0.3, 0.4) is 0 Å². The predicted molar refractivity (Wildman–Crippen MR) is 149 cm³/mol. The van der Waals surface area contributed by atoms with Gasteiger partial charge in [-0.25, -0.2) is 9.59 Å². The molecule has 0 bridgehead atoms. The number of carbonyl (C=O) groups is 1. The maximum absolute atomic E-state index is 12.4. The number of carboxylic acids is 1. The summed E-state index contributed by atoms with van der Waals surface area (Å²) in [7, 11) is 0. The van der Waals surface area contributed by atoms with Crippen molar-refractivity contribution < 1.29 is 29.2 Å². The lowest BCUT2D eigenvalue weighted by molar-refractivity contribution is -0.139. The zero-order valence-electron chi connectivity index (χ0n) is 22.3. The van der Waals surface area contributed by atoms with Crippen molar-refractivity contribution in [1.82, 2.24) is 9.55 Å². The highest BCUT2D eigenvalue weighted by Gasteiger charge is 2.42. The normalized spacial score (nSPS) is 18.7. The Hall–Kier alpha value is -4.51. The molecule has 0 amide bonds. The van der Waals surface area contributed by atoms with Crippen molar-refractivity contribution >= 4 is 5.97 Å². The highest BCUT2D eigenvalue weighted by molar-refractivity contribution is 5.68. The number of aromatic amines is 1. The number of ether oxygens (including phenoxy) is 3. The summed E-state index contributed by atoms with van der Waals surface area (Å²) in [6.45, 7) is 1.09. The van der Waals surface area contributed by atoms with Crippen molar-refractivity contribution in [1.29, 1.82) is 0 Å². The van der Waals surface area contributed by atoms with Crippen molar-refractivity contribution in [3.05, 3.63) is 134 Å². The highest BCUT2D eigenvalue weighted by atomic mass is 16.6. The van der Waals surface area contributed by atoms with E-state index in [9.17, 15) is 19.5 Å². The van der Waals surface area contributed by atoms with Gasteiger partial charge in [0, 0.05) is 18.2 Å². The van der Waals surface area contributed by atoms with Crippen LogP contribution >= 0.6 is 0 Å². The third-order valence-electron chi connectivity index (χ3n) is 7.11. The molecule has 3 aromatic carbocycles. The van der Waals surface area contributed by atoms with Crippen LogP contribution in [0.25, 0.3) is 0 Å². The first-order chi connectivity index (χ1) is 19.8. The number of aromatic nitrogens is 2. The molecule has 4 aromatic rings. The van der Waals surface area contributed by atoms with E-state index in [0.717, 1.165) is 16.7 Å². The standard InChI is InChI=1S/C31H30N2O8/c1-20-17-33(30(38)32-29(20)37)27-16-25(34)26(41-27)18-40-31(21-8-4-2-5-9-21,22-10-6-3-7-11-22)23-12-14-24(15-13-23)39-19-28(35)36/h2-15,17,25-27,34H,16,18-19H2,1H3,(H,35,36)(H,32,37,38)/t25-,26+,27-/m1/s1. The fourth-order valence-corrected chi connectivity index (χ4v) is 5.07. The molecule has 10 nitrogen and oxygen atoms in total. The van der Waals surface area contributed by atoms with Crippen LogP contribution < -0.4 is 16.0 Å². The number of benzene rings is 3. The molecule has 1 saturated heterocycles. The van der Waals surface area contributed by atoms with Gasteiger partial charge in [-0.2, -0.15) is 0 Å². The SMILES string of the molecule is Cc1cn([C@H]2C[C@@H](O)[C@H](COC(c3ccccc3)(c3ccccc3)c3ccc(OCC(=O)O)cc3)O2)c(=O)[nH]c1=O. The van der Waals surface area contributed by atoms with Gasteiger partial charge in [-0.1, -0.05) is 72.8 Å². The van der Waals surface area contributed by atoms with Crippen LogP contribution in [0.2, 0.25) is 0 Å². The van der Waals surface area contributed by atoms with Crippen molar-refractivity contribution in [2.75, 3.05) is 13.2 Å². The Morgan fingerprint density at radius 2 is 1.56 bits per heavy atom. The number of hydrogen-bond donors (Lipinski definition) is 3. The molecule has 1 aromatic heterocycles. The van der Waals surface area contributed by atoms with Gasteiger partial charge in [0.2, 0.25) is 0 Å². The van der Waals surface area contributed by atoms with E-state index in [0.29, 0.717) is 11.3 Å². The number of nitrogens with one attached hydrogen (secondary N) is 1. The number of aliphatic carboxylic acids is 1. The van der Waals surface area contributed by atoms with E-state index in [-0.39, 0.29) is 13.0 Å². The van der Waals surface area contributed by atoms with E-state index >= 15 is 0 Å². The second-order valence-corrected chi connectivity index (χ2v) is 9.84. The molecule has 10 heteroatoms. The predicted octanol–water partition coefficient (Wildman–Crippen LogP) is 2.97. The second-order valence-electron chi connectivity index (χ2n) is 9.84. The molecule has 0 spiro atoms. The van der Waals surface area contributed by atoms with Crippen LogP contribution in [0, 0.1) is 6.92 Å². The minimum Gasteiger partial charge on any atom is -0.482 e. The Morgan fingerprint density at radius 3 is 2.15 bits per heavy atom. The fraction of sp³-hybridized carbons (Fsp3) is 0.258. The zero-order valence-corrected chi connectivity index (χ0v) is 22.3. The summed E-state index contributed by atoms with van der Waals surface area (Å²) in [5.74, 6) is -0.682. The Labute approximate surface area is 235 Å². The van der Waals surface area contributed by atoms with Crippen LogP contribution in [0.5, 0.6) is 5.75 Å². The molecule has 1 fully saturated rings.